The van der Waals surface area contributed by atoms with Gasteiger partial charge in [0.25, 0.3) is 5.91 Å². The first-order chi connectivity index (χ1) is 13.1. The van der Waals surface area contributed by atoms with Gasteiger partial charge >= 0.3 is 0 Å². The van der Waals surface area contributed by atoms with Crippen molar-refractivity contribution in [3.05, 3.63) is 41.7 Å². The van der Waals surface area contributed by atoms with Gasteiger partial charge in [0.15, 0.2) is 17.1 Å². The number of nitrogens with one attached hydrogen (secondary N) is 1. The molecular formula is C20H22N4O3. The maximum Gasteiger partial charge on any atom is 0.256 e. The summed E-state index contributed by atoms with van der Waals surface area (Å²) in [5.74, 6) is 1.90. The van der Waals surface area contributed by atoms with Gasteiger partial charge in [-0.1, -0.05) is 0 Å². The lowest BCUT2D eigenvalue weighted by atomic mass is 10.1. The number of amides is 1. The topological polar surface area (TPSA) is 77.8 Å². The Morgan fingerprint density at radius 1 is 1.30 bits per heavy atom. The SMILES string of the molecule is Cc1cc(-c2ccc3c(c2)OCO3)nc2c(C(=O)N[C@@H](C)C3CC3)cnn12.[HH]. The van der Waals surface area contributed by atoms with Crippen molar-refractivity contribution in [2.75, 3.05) is 6.79 Å². The zero-order valence-corrected chi connectivity index (χ0v) is 15.2. The molecule has 27 heavy (non-hydrogen) atoms. The van der Waals surface area contributed by atoms with Crippen LogP contribution in [-0.4, -0.2) is 33.3 Å². The fourth-order valence-corrected chi connectivity index (χ4v) is 3.48. The summed E-state index contributed by atoms with van der Waals surface area (Å²) in [6, 6.07) is 7.85. The second kappa shape index (κ2) is 5.97. The molecule has 2 aromatic heterocycles. The lowest BCUT2D eigenvalue weighted by Gasteiger charge is -2.12. The van der Waals surface area contributed by atoms with E-state index in [2.05, 4.69) is 17.3 Å². The Labute approximate surface area is 157 Å². The highest BCUT2D eigenvalue weighted by Gasteiger charge is 2.30. The molecule has 7 nitrogen and oxygen atoms in total. The van der Waals surface area contributed by atoms with Gasteiger partial charge < -0.3 is 14.8 Å². The number of aromatic nitrogens is 3. The molecule has 0 unspecified atom stereocenters. The summed E-state index contributed by atoms with van der Waals surface area (Å²) >= 11 is 0. The molecule has 140 valence electrons. The third-order valence-corrected chi connectivity index (χ3v) is 5.25. The normalized spacial score (nSPS) is 16.5. The molecule has 0 radical (unpaired) electrons. The molecule has 5 rings (SSSR count). The van der Waals surface area contributed by atoms with E-state index in [9.17, 15) is 4.79 Å². The van der Waals surface area contributed by atoms with Crippen molar-refractivity contribution in [1.29, 1.82) is 0 Å². The third-order valence-electron chi connectivity index (χ3n) is 5.25. The Morgan fingerprint density at radius 3 is 2.93 bits per heavy atom. The van der Waals surface area contributed by atoms with Crippen LogP contribution >= 0.6 is 0 Å². The molecule has 2 aliphatic rings. The standard InChI is InChI=1S/C20H20N4O3.H2/c1-11-7-16(14-5-6-17-18(8-14)27-10-26-17)23-19-15(9-21-24(11)19)20(25)22-12(2)13-3-4-13;/h5-9,12-13H,3-4,10H2,1-2H3,(H,22,25);1H/t12-;/m0./s1. The summed E-state index contributed by atoms with van der Waals surface area (Å²) in [4.78, 5) is 17.5. The lowest BCUT2D eigenvalue weighted by molar-refractivity contribution is 0.0937. The number of aryl methyl sites for hydroxylation is 1. The molecule has 0 spiro atoms. The van der Waals surface area contributed by atoms with Gasteiger partial charge in [-0.25, -0.2) is 9.50 Å². The fourth-order valence-electron chi connectivity index (χ4n) is 3.48. The molecule has 1 N–H and O–H groups in total. The highest BCUT2D eigenvalue weighted by atomic mass is 16.7. The monoisotopic (exact) mass is 366 g/mol. The van der Waals surface area contributed by atoms with Crippen LogP contribution in [0, 0.1) is 12.8 Å². The van der Waals surface area contributed by atoms with E-state index >= 15 is 0 Å². The molecule has 1 amide bonds. The van der Waals surface area contributed by atoms with Gasteiger partial charge in [0, 0.05) is 18.7 Å². The number of fused-ring (bicyclic) bond motifs is 2. The molecular weight excluding hydrogens is 344 g/mol. The Balaban J connectivity index is 0.00000192. The zero-order chi connectivity index (χ0) is 18.5. The number of carbonyl (C=O) groups is 1. The van der Waals surface area contributed by atoms with Crippen LogP contribution in [0.15, 0.2) is 30.5 Å². The Morgan fingerprint density at radius 2 is 2.11 bits per heavy atom. The van der Waals surface area contributed by atoms with Crippen molar-refractivity contribution >= 4 is 11.6 Å². The van der Waals surface area contributed by atoms with E-state index in [0.717, 1.165) is 22.7 Å². The summed E-state index contributed by atoms with van der Waals surface area (Å²) in [6.45, 7) is 4.24. The van der Waals surface area contributed by atoms with Crippen molar-refractivity contribution < 1.29 is 15.7 Å². The molecule has 0 bridgehead atoms. The molecule has 1 aliphatic heterocycles. The molecule has 1 saturated carbocycles. The summed E-state index contributed by atoms with van der Waals surface area (Å²) in [5.41, 5.74) is 3.63. The van der Waals surface area contributed by atoms with E-state index in [1.807, 2.05) is 31.2 Å². The van der Waals surface area contributed by atoms with Crippen LogP contribution in [0.4, 0.5) is 0 Å². The first kappa shape index (κ1) is 16.1. The van der Waals surface area contributed by atoms with E-state index in [-0.39, 0.29) is 20.2 Å². The van der Waals surface area contributed by atoms with Crippen LogP contribution in [0.25, 0.3) is 16.9 Å². The number of rotatable bonds is 4. The molecule has 3 heterocycles. The minimum Gasteiger partial charge on any atom is -0.454 e. The van der Waals surface area contributed by atoms with Crippen molar-refractivity contribution in [3.63, 3.8) is 0 Å². The minimum absolute atomic E-state index is 0. The highest BCUT2D eigenvalue weighted by molar-refractivity contribution is 6.00. The third kappa shape index (κ3) is 2.79. The molecule has 0 saturated heterocycles. The van der Waals surface area contributed by atoms with Crippen molar-refractivity contribution in [2.45, 2.75) is 32.7 Å². The Kier molecular flexibility index (Phi) is 3.56. The quantitative estimate of drug-likeness (QED) is 0.767. The van der Waals surface area contributed by atoms with Gasteiger partial charge in [0.05, 0.1) is 11.9 Å². The van der Waals surface area contributed by atoms with Crippen LogP contribution in [0.2, 0.25) is 0 Å². The fraction of sp³-hybridized carbons (Fsp3) is 0.350. The summed E-state index contributed by atoms with van der Waals surface area (Å²) in [5, 5.41) is 7.43. The van der Waals surface area contributed by atoms with Gasteiger partial charge in [-0.2, -0.15) is 5.10 Å². The Hall–Kier alpha value is -3.09. The van der Waals surface area contributed by atoms with Crippen molar-refractivity contribution in [1.82, 2.24) is 19.9 Å². The maximum atomic E-state index is 12.7. The molecule has 1 fully saturated rings. The second-order valence-corrected chi connectivity index (χ2v) is 7.24. The van der Waals surface area contributed by atoms with Crippen LogP contribution in [0.5, 0.6) is 11.5 Å². The molecule has 7 heteroatoms. The smallest absolute Gasteiger partial charge is 0.256 e. The Bertz CT molecular complexity index is 1060. The highest BCUT2D eigenvalue weighted by Crippen LogP contribution is 2.36. The first-order valence-corrected chi connectivity index (χ1v) is 9.16. The van der Waals surface area contributed by atoms with Crippen molar-refractivity contribution in [2.24, 2.45) is 5.92 Å². The van der Waals surface area contributed by atoms with Gasteiger partial charge in [0.2, 0.25) is 6.79 Å². The van der Waals surface area contributed by atoms with Gasteiger partial charge in [0.1, 0.15) is 5.56 Å². The van der Waals surface area contributed by atoms with Gasteiger partial charge in [-0.05, 0) is 56.9 Å². The molecule has 1 aromatic carbocycles. The van der Waals surface area contributed by atoms with Crippen LogP contribution in [-0.2, 0) is 0 Å². The van der Waals surface area contributed by atoms with E-state index in [0.29, 0.717) is 22.9 Å². The number of ether oxygens (including phenoxy) is 2. The van der Waals surface area contributed by atoms with Crippen LogP contribution in [0.1, 0.15) is 37.2 Å². The average molecular weight is 366 g/mol. The maximum absolute atomic E-state index is 12.7. The largest absolute Gasteiger partial charge is 0.454 e. The lowest BCUT2D eigenvalue weighted by Crippen LogP contribution is -2.34. The van der Waals surface area contributed by atoms with E-state index < -0.39 is 0 Å². The van der Waals surface area contributed by atoms with E-state index in [1.165, 1.54) is 12.8 Å². The number of benzene rings is 1. The van der Waals surface area contributed by atoms with E-state index in [1.54, 1.807) is 10.7 Å². The van der Waals surface area contributed by atoms with Gasteiger partial charge in [-0.3, -0.25) is 4.79 Å². The number of carbonyl (C=O) groups excluding carboxylic acids is 1. The average Bonchev–Trinajstić information content (AvgIpc) is 3.25. The summed E-state index contributed by atoms with van der Waals surface area (Å²) in [6.07, 6.45) is 3.96. The van der Waals surface area contributed by atoms with Gasteiger partial charge in [-0.15, -0.1) is 0 Å². The molecule has 1 atom stereocenters. The summed E-state index contributed by atoms with van der Waals surface area (Å²) in [7, 11) is 0. The van der Waals surface area contributed by atoms with Crippen molar-refractivity contribution in [3.8, 4) is 22.8 Å². The molecule has 1 aliphatic carbocycles. The number of nitrogens with zero attached hydrogens (tertiary/aromatic N) is 3. The predicted octanol–water partition coefficient (Wildman–Crippen LogP) is 3.21. The predicted molar refractivity (Wildman–Crippen MR) is 101 cm³/mol. The molecule has 3 aromatic rings. The van der Waals surface area contributed by atoms with Crippen LogP contribution in [0.3, 0.4) is 0 Å². The van der Waals surface area contributed by atoms with Crippen LogP contribution < -0.4 is 14.8 Å². The van der Waals surface area contributed by atoms with E-state index in [4.69, 9.17) is 14.5 Å². The first-order valence-electron chi connectivity index (χ1n) is 9.16. The minimum atomic E-state index is -0.126. The summed E-state index contributed by atoms with van der Waals surface area (Å²) < 4.78 is 12.5. The number of hydrogen-bond donors (Lipinski definition) is 1. The number of hydrogen-bond acceptors (Lipinski definition) is 5. The zero-order valence-electron chi connectivity index (χ0n) is 15.2. The second-order valence-electron chi connectivity index (χ2n) is 7.24.